The number of ether oxygens (including phenoxy) is 1. The van der Waals surface area contributed by atoms with Gasteiger partial charge in [-0.2, -0.15) is 0 Å². The molecule has 0 atom stereocenters. The van der Waals surface area contributed by atoms with Gasteiger partial charge in [0.25, 0.3) is 10.0 Å². The Morgan fingerprint density at radius 2 is 1.79 bits per heavy atom. The Labute approximate surface area is 142 Å². The summed E-state index contributed by atoms with van der Waals surface area (Å²) in [4.78, 5) is 0.242. The lowest BCUT2D eigenvalue weighted by Gasteiger charge is -2.10. The van der Waals surface area contributed by atoms with Gasteiger partial charge in [0.2, 0.25) is 0 Å². The molecule has 1 heterocycles. The standard InChI is InChI=1S/C16H22N4O3S/c1-12-5-6-13(2)14(11-12)24(21,22)20-16-8-7-15(18-19-16)17-9-4-10-23-3/h5-8,11H,4,9-10H2,1-3H3,(H,17,18)(H,19,20). The number of aromatic nitrogens is 2. The molecular weight excluding hydrogens is 328 g/mol. The Hall–Kier alpha value is -2.19. The minimum atomic E-state index is -3.69. The smallest absolute Gasteiger partial charge is 0.263 e. The highest BCUT2D eigenvalue weighted by atomic mass is 32.2. The second kappa shape index (κ2) is 8.07. The number of hydrogen-bond donors (Lipinski definition) is 2. The number of anilines is 2. The summed E-state index contributed by atoms with van der Waals surface area (Å²) in [6.45, 7) is 4.97. The summed E-state index contributed by atoms with van der Waals surface area (Å²) in [6, 6.07) is 8.55. The van der Waals surface area contributed by atoms with Crippen molar-refractivity contribution in [1.29, 1.82) is 0 Å². The van der Waals surface area contributed by atoms with Crippen LogP contribution >= 0.6 is 0 Å². The topological polar surface area (TPSA) is 93.2 Å². The highest BCUT2D eigenvalue weighted by molar-refractivity contribution is 7.92. The molecule has 1 aromatic heterocycles. The summed E-state index contributed by atoms with van der Waals surface area (Å²) in [5.41, 5.74) is 1.56. The van der Waals surface area contributed by atoms with Crippen LogP contribution in [-0.2, 0) is 14.8 Å². The monoisotopic (exact) mass is 350 g/mol. The van der Waals surface area contributed by atoms with Crippen LogP contribution in [0.15, 0.2) is 35.2 Å². The molecule has 0 spiro atoms. The molecule has 2 aromatic rings. The Balaban J connectivity index is 2.06. The van der Waals surface area contributed by atoms with Crippen LogP contribution in [0.25, 0.3) is 0 Å². The molecule has 0 bridgehead atoms. The molecule has 0 aliphatic carbocycles. The molecule has 2 rings (SSSR count). The van der Waals surface area contributed by atoms with Gasteiger partial charge in [0, 0.05) is 20.3 Å². The number of methoxy groups -OCH3 is 1. The lowest BCUT2D eigenvalue weighted by atomic mass is 10.2. The molecule has 0 saturated carbocycles. The van der Waals surface area contributed by atoms with Crippen molar-refractivity contribution in [2.75, 3.05) is 30.3 Å². The summed E-state index contributed by atoms with van der Waals surface area (Å²) in [5.74, 6) is 0.763. The Morgan fingerprint density at radius 3 is 2.46 bits per heavy atom. The molecular formula is C16H22N4O3S. The van der Waals surface area contributed by atoms with Crippen molar-refractivity contribution < 1.29 is 13.2 Å². The summed E-state index contributed by atoms with van der Waals surface area (Å²) >= 11 is 0. The van der Waals surface area contributed by atoms with E-state index in [-0.39, 0.29) is 10.7 Å². The third kappa shape index (κ3) is 4.90. The maximum atomic E-state index is 12.5. The van der Waals surface area contributed by atoms with Gasteiger partial charge in [0.05, 0.1) is 4.90 Å². The van der Waals surface area contributed by atoms with Crippen molar-refractivity contribution in [3.05, 3.63) is 41.5 Å². The van der Waals surface area contributed by atoms with Gasteiger partial charge < -0.3 is 10.1 Å². The summed E-state index contributed by atoms with van der Waals surface area (Å²) in [7, 11) is -2.04. The third-order valence-electron chi connectivity index (χ3n) is 3.37. The number of rotatable bonds is 8. The van der Waals surface area contributed by atoms with Gasteiger partial charge >= 0.3 is 0 Å². The van der Waals surface area contributed by atoms with E-state index in [1.165, 1.54) is 0 Å². The lowest BCUT2D eigenvalue weighted by Crippen LogP contribution is -2.16. The predicted molar refractivity (Wildman–Crippen MR) is 93.7 cm³/mol. The maximum Gasteiger partial charge on any atom is 0.263 e. The second-order valence-corrected chi connectivity index (χ2v) is 7.10. The van der Waals surface area contributed by atoms with Gasteiger partial charge in [-0.3, -0.25) is 4.72 Å². The van der Waals surface area contributed by atoms with Crippen molar-refractivity contribution in [3.63, 3.8) is 0 Å². The van der Waals surface area contributed by atoms with Crippen LogP contribution in [0.3, 0.4) is 0 Å². The molecule has 130 valence electrons. The number of hydrogen-bond acceptors (Lipinski definition) is 6. The van der Waals surface area contributed by atoms with Crippen molar-refractivity contribution in [3.8, 4) is 0 Å². The molecule has 0 aliphatic heterocycles. The second-order valence-electron chi connectivity index (χ2n) is 5.45. The lowest BCUT2D eigenvalue weighted by molar-refractivity contribution is 0.197. The number of sulfonamides is 1. The fourth-order valence-corrected chi connectivity index (χ4v) is 3.43. The Bertz CT molecular complexity index is 776. The molecule has 24 heavy (non-hydrogen) atoms. The minimum absolute atomic E-state index is 0.179. The largest absolute Gasteiger partial charge is 0.385 e. The average Bonchev–Trinajstić information content (AvgIpc) is 2.55. The number of benzene rings is 1. The zero-order valence-corrected chi connectivity index (χ0v) is 14.9. The number of aryl methyl sites for hydroxylation is 2. The van der Waals surface area contributed by atoms with E-state index in [4.69, 9.17) is 4.74 Å². The first-order chi connectivity index (χ1) is 11.4. The quantitative estimate of drug-likeness (QED) is 0.710. The zero-order valence-electron chi connectivity index (χ0n) is 14.0. The summed E-state index contributed by atoms with van der Waals surface area (Å²) in [6.07, 6.45) is 0.846. The van der Waals surface area contributed by atoms with Crippen LogP contribution in [0.4, 0.5) is 11.6 Å². The summed E-state index contributed by atoms with van der Waals surface area (Å²) in [5, 5.41) is 11.0. The zero-order chi connectivity index (χ0) is 17.6. The van der Waals surface area contributed by atoms with Gasteiger partial charge in [0.1, 0.15) is 5.82 Å². The van der Waals surface area contributed by atoms with Crippen molar-refractivity contribution >= 4 is 21.7 Å². The Morgan fingerprint density at radius 1 is 1.08 bits per heavy atom. The molecule has 0 fully saturated rings. The van der Waals surface area contributed by atoms with Gasteiger partial charge in [-0.15, -0.1) is 10.2 Å². The molecule has 0 saturated heterocycles. The minimum Gasteiger partial charge on any atom is -0.385 e. The summed E-state index contributed by atoms with van der Waals surface area (Å²) < 4.78 is 32.4. The molecule has 1 aromatic carbocycles. The molecule has 0 radical (unpaired) electrons. The van der Waals surface area contributed by atoms with E-state index >= 15 is 0 Å². The van der Waals surface area contributed by atoms with Crippen LogP contribution in [0.2, 0.25) is 0 Å². The SMILES string of the molecule is COCCCNc1ccc(NS(=O)(=O)c2cc(C)ccc2C)nn1. The molecule has 0 aliphatic rings. The number of nitrogens with zero attached hydrogens (tertiary/aromatic N) is 2. The van der Waals surface area contributed by atoms with E-state index in [0.717, 1.165) is 12.0 Å². The molecule has 2 N–H and O–H groups in total. The Kier molecular flexibility index (Phi) is 6.10. The number of nitrogens with one attached hydrogen (secondary N) is 2. The highest BCUT2D eigenvalue weighted by Crippen LogP contribution is 2.19. The van der Waals surface area contributed by atoms with Crippen LogP contribution in [0.1, 0.15) is 17.5 Å². The van der Waals surface area contributed by atoms with Crippen LogP contribution in [0, 0.1) is 13.8 Å². The van der Waals surface area contributed by atoms with E-state index in [0.29, 0.717) is 24.5 Å². The molecule has 7 nitrogen and oxygen atoms in total. The maximum absolute atomic E-state index is 12.5. The van der Waals surface area contributed by atoms with Crippen LogP contribution in [-0.4, -0.2) is 38.9 Å². The fraction of sp³-hybridized carbons (Fsp3) is 0.375. The molecule has 0 amide bonds. The van der Waals surface area contributed by atoms with E-state index in [9.17, 15) is 8.42 Å². The van der Waals surface area contributed by atoms with Gasteiger partial charge in [-0.05, 0) is 49.6 Å². The van der Waals surface area contributed by atoms with E-state index < -0.39 is 10.0 Å². The normalized spacial score (nSPS) is 11.3. The van der Waals surface area contributed by atoms with Gasteiger partial charge in [-0.1, -0.05) is 12.1 Å². The third-order valence-corrected chi connectivity index (χ3v) is 4.86. The van der Waals surface area contributed by atoms with Crippen molar-refractivity contribution in [1.82, 2.24) is 10.2 Å². The van der Waals surface area contributed by atoms with E-state index in [1.807, 2.05) is 13.0 Å². The van der Waals surface area contributed by atoms with Crippen molar-refractivity contribution in [2.24, 2.45) is 0 Å². The van der Waals surface area contributed by atoms with Gasteiger partial charge in [0.15, 0.2) is 5.82 Å². The highest BCUT2D eigenvalue weighted by Gasteiger charge is 2.17. The average molecular weight is 350 g/mol. The first-order valence-corrected chi connectivity index (χ1v) is 9.07. The molecule has 8 heteroatoms. The van der Waals surface area contributed by atoms with Crippen molar-refractivity contribution in [2.45, 2.75) is 25.2 Å². The fourth-order valence-electron chi connectivity index (χ4n) is 2.10. The first-order valence-electron chi connectivity index (χ1n) is 7.59. The van der Waals surface area contributed by atoms with E-state index in [2.05, 4.69) is 20.2 Å². The van der Waals surface area contributed by atoms with Crippen LogP contribution < -0.4 is 10.0 Å². The molecule has 0 unspecified atom stereocenters. The first kappa shape index (κ1) is 18.2. The van der Waals surface area contributed by atoms with Gasteiger partial charge in [-0.25, -0.2) is 8.42 Å². The van der Waals surface area contributed by atoms with E-state index in [1.54, 1.807) is 38.3 Å². The van der Waals surface area contributed by atoms with Crippen LogP contribution in [0.5, 0.6) is 0 Å². The predicted octanol–water partition coefficient (Wildman–Crippen LogP) is 2.34.